The second kappa shape index (κ2) is 8.20. The first-order valence-electron chi connectivity index (χ1n) is 9.50. The average Bonchev–Trinajstić information content (AvgIpc) is 3.14. The van der Waals surface area contributed by atoms with Crippen LogP contribution in [0.25, 0.3) is 16.6 Å². The Balaban J connectivity index is 0.00000102. The molecule has 4 rings (SSSR count). The minimum atomic E-state index is -0.695. The van der Waals surface area contributed by atoms with Gasteiger partial charge in [0.2, 0.25) is 0 Å². The summed E-state index contributed by atoms with van der Waals surface area (Å²) in [7, 11) is 0. The van der Waals surface area contributed by atoms with Crippen LogP contribution in [-0.2, 0) is 4.79 Å². The summed E-state index contributed by atoms with van der Waals surface area (Å²) in [5, 5.41) is 14.9. The van der Waals surface area contributed by atoms with Crippen molar-refractivity contribution in [2.45, 2.75) is 33.6 Å². The average molecular weight is 366 g/mol. The number of aryl methyl sites for hydroxylation is 1. The van der Waals surface area contributed by atoms with Gasteiger partial charge in [0, 0.05) is 30.9 Å². The zero-order valence-corrected chi connectivity index (χ0v) is 16.1. The predicted octanol–water partition coefficient (Wildman–Crippen LogP) is 4.06. The molecule has 0 radical (unpaired) electrons. The second-order valence-electron chi connectivity index (χ2n) is 6.61. The number of carboxylic acids is 1. The maximum Gasteiger partial charge on any atom is 0.306 e. The van der Waals surface area contributed by atoms with Gasteiger partial charge < -0.3 is 10.0 Å². The number of aromatic nitrogens is 3. The Morgan fingerprint density at radius 1 is 1.11 bits per heavy atom. The molecular formula is C21H26N4O2. The maximum absolute atomic E-state index is 11.1. The number of pyridine rings is 1. The summed E-state index contributed by atoms with van der Waals surface area (Å²) in [5.74, 6) is -0.937. The number of carboxylic acid groups (broad SMARTS) is 1. The molecular weight excluding hydrogens is 340 g/mol. The molecule has 1 N–H and O–H groups in total. The van der Waals surface area contributed by atoms with Crippen molar-refractivity contribution in [1.29, 1.82) is 0 Å². The van der Waals surface area contributed by atoms with Crippen LogP contribution < -0.4 is 4.90 Å². The highest BCUT2D eigenvalue weighted by Gasteiger charge is 2.26. The number of rotatable bonds is 3. The molecule has 1 fully saturated rings. The van der Waals surface area contributed by atoms with Crippen molar-refractivity contribution >= 4 is 22.6 Å². The van der Waals surface area contributed by atoms with E-state index in [1.807, 2.05) is 49.3 Å². The number of hydrogen-bond acceptors (Lipinski definition) is 4. The SMILES string of the molecule is CC.Cc1ccc(-n2cc3cncc(N4CCC(C(=O)O)CC4)c3n2)cc1. The summed E-state index contributed by atoms with van der Waals surface area (Å²) in [6, 6.07) is 8.23. The van der Waals surface area contributed by atoms with Crippen molar-refractivity contribution in [3.8, 4) is 5.69 Å². The molecule has 0 spiro atoms. The minimum Gasteiger partial charge on any atom is -0.481 e. The zero-order valence-electron chi connectivity index (χ0n) is 16.1. The summed E-state index contributed by atoms with van der Waals surface area (Å²) in [6.07, 6.45) is 6.95. The van der Waals surface area contributed by atoms with Gasteiger partial charge in [-0.3, -0.25) is 9.78 Å². The smallest absolute Gasteiger partial charge is 0.306 e. The van der Waals surface area contributed by atoms with E-state index in [0.717, 1.165) is 35.4 Å². The maximum atomic E-state index is 11.1. The van der Waals surface area contributed by atoms with Crippen molar-refractivity contribution in [1.82, 2.24) is 14.8 Å². The number of fused-ring (bicyclic) bond motifs is 1. The molecule has 0 amide bonds. The number of aliphatic carboxylic acids is 1. The number of piperidine rings is 1. The molecule has 0 bridgehead atoms. The van der Waals surface area contributed by atoms with E-state index in [-0.39, 0.29) is 5.92 Å². The van der Waals surface area contributed by atoms with Gasteiger partial charge in [-0.1, -0.05) is 31.5 Å². The monoisotopic (exact) mass is 366 g/mol. The van der Waals surface area contributed by atoms with Crippen molar-refractivity contribution in [3.63, 3.8) is 0 Å². The van der Waals surface area contributed by atoms with Gasteiger partial charge in [-0.25, -0.2) is 4.68 Å². The van der Waals surface area contributed by atoms with Crippen LogP contribution in [0.4, 0.5) is 5.69 Å². The number of carbonyl (C=O) groups is 1. The standard InChI is InChI=1S/C19H20N4O2.C2H6/c1-13-2-4-16(5-3-13)23-12-15-10-20-11-17(18(15)21-23)22-8-6-14(7-9-22)19(24)25;1-2/h2-5,10-12,14H,6-9H2,1H3,(H,24,25);1-2H3. The molecule has 0 unspecified atom stereocenters. The van der Waals surface area contributed by atoms with Gasteiger partial charge in [-0.15, -0.1) is 0 Å². The Morgan fingerprint density at radius 3 is 2.41 bits per heavy atom. The fourth-order valence-corrected chi connectivity index (χ4v) is 3.36. The van der Waals surface area contributed by atoms with E-state index in [2.05, 4.69) is 28.9 Å². The quantitative estimate of drug-likeness (QED) is 0.757. The van der Waals surface area contributed by atoms with Gasteiger partial charge in [0.25, 0.3) is 0 Å². The Bertz CT molecular complexity index is 910. The first-order chi connectivity index (χ1) is 13.1. The molecule has 1 aromatic carbocycles. The lowest BCUT2D eigenvalue weighted by molar-refractivity contribution is -0.142. The van der Waals surface area contributed by atoms with Crippen molar-refractivity contribution in [3.05, 3.63) is 48.4 Å². The van der Waals surface area contributed by atoms with Gasteiger partial charge >= 0.3 is 5.97 Å². The molecule has 6 heteroatoms. The molecule has 3 aromatic rings. The molecule has 3 heterocycles. The molecule has 6 nitrogen and oxygen atoms in total. The van der Waals surface area contributed by atoms with Crippen LogP contribution in [0.1, 0.15) is 32.3 Å². The third kappa shape index (κ3) is 3.94. The molecule has 0 atom stereocenters. The van der Waals surface area contributed by atoms with Gasteiger partial charge in [-0.05, 0) is 31.9 Å². The third-order valence-electron chi connectivity index (χ3n) is 4.88. The van der Waals surface area contributed by atoms with E-state index in [1.54, 1.807) is 0 Å². The van der Waals surface area contributed by atoms with Crippen molar-refractivity contribution in [2.24, 2.45) is 5.92 Å². The fraction of sp³-hybridized carbons (Fsp3) is 0.381. The zero-order chi connectivity index (χ0) is 19.4. The van der Waals surface area contributed by atoms with Crippen LogP contribution in [0.3, 0.4) is 0 Å². The van der Waals surface area contributed by atoms with E-state index in [4.69, 9.17) is 10.2 Å². The van der Waals surface area contributed by atoms with E-state index < -0.39 is 5.97 Å². The van der Waals surface area contributed by atoms with Crippen molar-refractivity contribution < 1.29 is 9.90 Å². The highest BCUT2D eigenvalue weighted by molar-refractivity contribution is 5.90. The topological polar surface area (TPSA) is 71.2 Å². The molecule has 1 aliphatic heterocycles. The fourth-order valence-electron chi connectivity index (χ4n) is 3.36. The van der Waals surface area contributed by atoms with Crippen LogP contribution >= 0.6 is 0 Å². The van der Waals surface area contributed by atoms with Crippen LogP contribution in [0.15, 0.2) is 42.9 Å². The molecule has 1 aliphatic rings. The van der Waals surface area contributed by atoms with Crippen LogP contribution in [0.2, 0.25) is 0 Å². The first-order valence-corrected chi connectivity index (χ1v) is 9.50. The number of hydrogen-bond donors (Lipinski definition) is 1. The lowest BCUT2D eigenvalue weighted by atomic mass is 9.97. The predicted molar refractivity (Wildman–Crippen MR) is 108 cm³/mol. The van der Waals surface area contributed by atoms with E-state index in [9.17, 15) is 4.79 Å². The van der Waals surface area contributed by atoms with Gasteiger partial charge in [0.15, 0.2) is 0 Å². The second-order valence-corrected chi connectivity index (χ2v) is 6.61. The van der Waals surface area contributed by atoms with E-state index in [1.165, 1.54) is 5.56 Å². The van der Waals surface area contributed by atoms with Crippen LogP contribution in [0, 0.1) is 12.8 Å². The summed E-state index contributed by atoms with van der Waals surface area (Å²) in [4.78, 5) is 17.7. The van der Waals surface area contributed by atoms with Crippen LogP contribution in [-0.4, -0.2) is 38.9 Å². The number of benzene rings is 1. The summed E-state index contributed by atoms with van der Waals surface area (Å²) >= 11 is 0. The Kier molecular flexibility index (Phi) is 5.74. The minimum absolute atomic E-state index is 0.242. The third-order valence-corrected chi connectivity index (χ3v) is 4.88. The number of nitrogens with zero attached hydrogens (tertiary/aromatic N) is 4. The molecule has 0 aliphatic carbocycles. The molecule has 27 heavy (non-hydrogen) atoms. The van der Waals surface area contributed by atoms with Gasteiger partial charge in [0.05, 0.1) is 23.5 Å². The van der Waals surface area contributed by atoms with E-state index in [0.29, 0.717) is 12.8 Å². The summed E-state index contributed by atoms with van der Waals surface area (Å²) in [5.41, 5.74) is 4.11. The normalized spacial score (nSPS) is 14.7. The Labute approximate surface area is 159 Å². The summed E-state index contributed by atoms with van der Waals surface area (Å²) in [6.45, 7) is 7.50. The Morgan fingerprint density at radius 2 is 1.78 bits per heavy atom. The largest absolute Gasteiger partial charge is 0.481 e. The highest BCUT2D eigenvalue weighted by atomic mass is 16.4. The lowest BCUT2D eigenvalue weighted by Gasteiger charge is -2.31. The van der Waals surface area contributed by atoms with Crippen LogP contribution in [0.5, 0.6) is 0 Å². The van der Waals surface area contributed by atoms with Crippen molar-refractivity contribution in [2.75, 3.05) is 18.0 Å². The molecule has 2 aromatic heterocycles. The van der Waals surface area contributed by atoms with Gasteiger partial charge in [-0.2, -0.15) is 5.10 Å². The van der Waals surface area contributed by atoms with E-state index >= 15 is 0 Å². The highest BCUT2D eigenvalue weighted by Crippen LogP contribution is 2.29. The molecule has 1 saturated heterocycles. The lowest BCUT2D eigenvalue weighted by Crippen LogP contribution is -2.36. The first kappa shape index (κ1) is 18.9. The summed E-state index contributed by atoms with van der Waals surface area (Å²) < 4.78 is 1.87. The van der Waals surface area contributed by atoms with Gasteiger partial charge in [0.1, 0.15) is 5.52 Å². The number of anilines is 1. The Hall–Kier alpha value is -2.89. The molecule has 0 saturated carbocycles. The molecule has 142 valence electrons.